The molecular weight excluding hydrogens is 495 g/mol. The summed E-state index contributed by atoms with van der Waals surface area (Å²) in [5.41, 5.74) is 2.52. The summed E-state index contributed by atoms with van der Waals surface area (Å²) in [5, 5.41) is 4.91. The standard InChI is InChI=1S/C28H21NO3S3/c1-20-7-12-23(13-8-20)34(30,29-35(31,32)24-14-9-21(2)10-15-24)18-17-22-11-16-28-26(19-22)25-5-3-4-6-27(25)33-28/h3-16,19H,1-2H3. The van der Waals surface area contributed by atoms with Crippen molar-refractivity contribution in [2.75, 3.05) is 0 Å². The van der Waals surface area contributed by atoms with Crippen LogP contribution in [0.15, 0.2) is 105 Å². The van der Waals surface area contributed by atoms with Crippen molar-refractivity contribution < 1.29 is 12.6 Å². The summed E-state index contributed by atoms with van der Waals surface area (Å²) in [6.07, 6.45) is 0. The molecule has 0 spiro atoms. The average Bonchev–Trinajstić information content (AvgIpc) is 3.21. The predicted molar refractivity (Wildman–Crippen MR) is 145 cm³/mol. The average molecular weight is 516 g/mol. The van der Waals surface area contributed by atoms with Crippen LogP contribution < -0.4 is 0 Å². The summed E-state index contributed by atoms with van der Waals surface area (Å²) >= 11 is 1.70. The highest BCUT2D eigenvalue weighted by Crippen LogP contribution is 2.34. The summed E-state index contributed by atoms with van der Waals surface area (Å²) in [6.45, 7) is 3.76. The van der Waals surface area contributed by atoms with Gasteiger partial charge in [-0.1, -0.05) is 63.3 Å². The molecule has 0 saturated heterocycles. The van der Waals surface area contributed by atoms with E-state index >= 15 is 0 Å². The van der Waals surface area contributed by atoms with Crippen LogP contribution in [0.2, 0.25) is 0 Å². The van der Waals surface area contributed by atoms with Gasteiger partial charge in [0.15, 0.2) is 9.73 Å². The molecule has 1 heterocycles. The van der Waals surface area contributed by atoms with E-state index in [0.29, 0.717) is 5.56 Å². The third kappa shape index (κ3) is 4.73. The molecule has 1 aromatic heterocycles. The molecular formula is C28H21NO3S3. The number of aryl methyl sites for hydroxylation is 2. The van der Waals surface area contributed by atoms with Crippen molar-refractivity contribution >= 4 is 51.3 Å². The van der Waals surface area contributed by atoms with Crippen molar-refractivity contribution in [2.24, 2.45) is 3.77 Å². The van der Waals surface area contributed by atoms with Crippen LogP contribution in [-0.4, -0.2) is 12.6 Å². The van der Waals surface area contributed by atoms with Crippen molar-refractivity contribution in [3.8, 4) is 11.2 Å². The van der Waals surface area contributed by atoms with E-state index in [1.807, 2.05) is 44.2 Å². The number of fused-ring (bicyclic) bond motifs is 3. The third-order valence-electron chi connectivity index (χ3n) is 5.57. The Balaban J connectivity index is 1.67. The Bertz CT molecular complexity index is 1860. The third-order valence-corrected chi connectivity index (χ3v) is 10.5. The van der Waals surface area contributed by atoms with Gasteiger partial charge < -0.3 is 0 Å². The molecule has 4 aromatic carbocycles. The van der Waals surface area contributed by atoms with E-state index in [-0.39, 0.29) is 9.79 Å². The fraction of sp³-hybridized carbons (Fsp3) is 0.0714. The van der Waals surface area contributed by atoms with Gasteiger partial charge in [0.25, 0.3) is 10.0 Å². The largest absolute Gasteiger partial charge is 0.291 e. The maximum Gasteiger partial charge on any atom is 0.291 e. The monoisotopic (exact) mass is 515 g/mol. The molecule has 5 aromatic rings. The number of nitrogens with zero attached hydrogens (tertiary/aromatic N) is 1. The molecule has 0 aliphatic carbocycles. The first-order chi connectivity index (χ1) is 16.7. The van der Waals surface area contributed by atoms with Gasteiger partial charge in [-0.15, -0.1) is 11.3 Å². The molecule has 35 heavy (non-hydrogen) atoms. The second-order valence-electron chi connectivity index (χ2n) is 8.24. The molecule has 0 aliphatic heterocycles. The Hall–Kier alpha value is -3.44. The minimum absolute atomic E-state index is 0.0177. The van der Waals surface area contributed by atoms with Crippen LogP contribution in [0.5, 0.6) is 0 Å². The van der Waals surface area contributed by atoms with Crippen LogP contribution in [0.4, 0.5) is 0 Å². The predicted octanol–water partition coefficient (Wildman–Crippen LogP) is 6.90. The summed E-state index contributed by atoms with van der Waals surface area (Å²) in [5.74, 6) is 2.95. The SMILES string of the molecule is Cc1ccc(S(=O)(=O)N=S(=O)(C#Cc2ccc3sc4ccccc4c3c2)c2ccc(C)cc2)cc1. The molecule has 174 valence electrons. The van der Waals surface area contributed by atoms with Gasteiger partial charge in [0.05, 0.1) is 9.79 Å². The first-order valence-corrected chi connectivity index (χ1v) is 14.6. The molecule has 0 fully saturated rings. The smallest absolute Gasteiger partial charge is 0.230 e. The summed E-state index contributed by atoms with van der Waals surface area (Å²) in [6, 6.07) is 27.0. The molecule has 1 unspecified atom stereocenters. The number of benzene rings is 4. The van der Waals surface area contributed by atoms with E-state index in [1.54, 1.807) is 47.7 Å². The quantitative estimate of drug-likeness (QED) is 0.246. The molecule has 0 aliphatic rings. The number of thiophene rings is 1. The zero-order chi connectivity index (χ0) is 24.6. The van der Waals surface area contributed by atoms with Crippen molar-refractivity contribution in [3.05, 3.63) is 108 Å². The summed E-state index contributed by atoms with van der Waals surface area (Å²) in [7, 11) is -7.81. The Morgan fingerprint density at radius 1 is 0.686 bits per heavy atom. The van der Waals surface area contributed by atoms with Crippen molar-refractivity contribution in [2.45, 2.75) is 23.6 Å². The lowest BCUT2D eigenvalue weighted by Crippen LogP contribution is -2.05. The number of hydrogen-bond acceptors (Lipinski definition) is 4. The topological polar surface area (TPSA) is 63.6 Å². The lowest BCUT2D eigenvalue weighted by atomic mass is 10.1. The van der Waals surface area contributed by atoms with Crippen LogP contribution in [0.25, 0.3) is 20.2 Å². The van der Waals surface area contributed by atoms with Crippen LogP contribution >= 0.6 is 11.3 Å². The molecule has 0 N–H and O–H groups in total. The van der Waals surface area contributed by atoms with E-state index in [0.717, 1.165) is 26.6 Å². The number of hydrogen-bond donors (Lipinski definition) is 0. The van der Waals surface area contributed by atoms with Gasteiger partial charge in [-0.3, -0.25) is 0 Å². The van der Waals surface area contributed by atoms with Crippen LogP contribution in [0.1, 0.15) is 16.7 Å². The molecule has 0 radical (unpaired) electrons. The molecule has 1 atom stereocenters. The van der Waals surface area contributed by atoms with Crippen LogP contribution in [-0.2, 0) is 19.8 Å². The van der Waals surface area contributed by atoms with Gasteiger partial charge >= 0.3 is 0 Å². The van der Waals surface area contributed by atoms with E-state index in [4.69, 9.17) is 0 Å². The maximum absolute atomic E-state index is 14.0. The van der Waals surface area contributed by atoms with Crippen LogP contribution in [0, 0.1) is 25.0 Å². The Kier molecular flexibility index (Phi) is 5.97. The van der Waals surface area contributed by atoms with E-state index < -0.39 is 19.8 Å². The highest BCUT2D eigenvalue weighted by molar-refractivity contribution is 8.06. The van der Waals surface area contributed by atoms with Gasteiger partial charge in [-0.2, -0.15) is 8.42 Å². The molecule has 0 amide bonds. The molecule has 7 heteroatoms. The molecule has 0 saturated carbocycles. The Morgan fingerprint density at radius 3 is 1.97 bits per heavy atom. The highest BCUT2D eigenvalue weighted by atomic mass is 32.3. The molecule has 5 rings (SSSR count). The van der Waals surface area contributed by atoms with Gasteiger partial charge in [-0.25, -0.2) is 4.21 Å². The Labute approximate surface area is 209 Å². The summed E-state index contributed by atoms with van der Waals surface area (Å²) < 4.78 is 46.4. The fourth-order valence-corrected chi connectivity index (χ4v) is 8.06. The summed E-state index contributed by atoms with van der Waals surface area (Å²) in [4.78, 5) is 0.240. The maximum atomic E-state index is 14.0. The van der Waals surface area contributed by atoms with Crippen molar-refractivity contribution in [3.63, 3.8) is 0 Å². The Morgan fingerprint density at radius 2 is 1.29 bits per heavy atom. The van der Waals surface area contributed by atoms with Gasteiger partial charge in [0, 0.05) is 31.0 Å². The minimum atomic E-state index is -4.20. The van der Waals surface area contributed by atoms with Gasteiger partial charge in [0.2, 0.25) is 0 Å². The zero-order valence-corrected chi connectivity index (χ0v) is 21.5. The van der Waals surface area contributed by atoms with E-state index in [1.165, 1.54) is 16.8 Å². The zero-order valence-electron chi connectivity index (χ0n) is 19.1. The lowest BCUT2D eigenvalue weighted by molar-refractivity contribution is 0.598. The number of sulfonamides is 1. The highest BCUT2D eigenvalue weighted by Gasteiger charge is 2.19. The lowest BCUT2D eigenvalue weighted by Gasteiger charge is -2.06. The van der Waals surface area contributed by atoms with Gasteiger partial charge in [-0.05, 0) is 62.4 Å². The molecule has 4 nitrogen and oxygen atoms in total. The minimum Gasteiger partial charge on any atom is -0.230 e. The van der Waals surface area contributed by atoms with Gasteiger partial charge in [0.1, 0.15) is 0 Å². The first-order valence-electron chi connectivity index (χ1n) is 10.8. The number of rotatable bonds is 3. The second-order valence-corrected chi connectivity index (χ2v) is 13.1. The van der Waals surface area contributed by atoms with Crippen molar-refractivity contribution in [1.29, 1.82) is 0 Å². The fourth-order valence-electron chi connectivity index (χ4n) is 3.67. The van der Waals surface area contributed by atoms with Crippen LogP contribution in [0.3, 0.4) is 0 Å². The first kappa shape index (κ1) is 23.3. The van der Waals surface area contributed by atoms with E-state index in [9.17, 15) is 12.6 Å². The normalized spacial score (nSPS) is 13.2. The second kappa shape index (κ2) is 8.97. The van der Waals surface area contributed by atoms with Crippen molar-refractivity contribution in [1.82, 2.24) is 0 Å². The van der Waals surface area contributed by atoms with E-state index in [2.05, 4.69) is 27.1 Å². The molecule has 0 bridgehead atoms.